The summed E-state index contributed by atoms with van der Waals surface area (Å²) in [7, 11) is 0. The van der Waals surface area contributed by atoms with Gasteiger partial charge in [0.05, 0.1) is 36.7 Å². The number of para-hydroxylation sites is 3. The first kappa shape index (κ1) is 25.4. The third-order valence-electron chi connectivity index (χ3n) is 7.23. The van der Waals surface area contributed by atoms with Gasteiger partial charge in [0.2, 0.25) is 5.95 Å². The van der Waals surface area contributed by atoms with Crippen molar-refractivity contribution in [3.8, 4) is 16.9 Å². The van der Waals surface area contributed by atoms with E-state index < -0.39 is 0 Å². The number of fused-ring (bicyclic) bond motifs is 1. The van der Waals surface area contributed by atoms with Gasteiger partial charge in [-0.25, -0.2) is 4.98 Å². The van der Waals surface area contributed by atoms with Crippen molar-refractivity contribution in [3.05, 3.63) is 66.7 Å². The number of anilines is 4. The summed E-state index contributed by atoms with van der Waals surface area (Å²) in [5.41, 5.74) is 11.3. The summed E-state index contributed by atoms with van der Waals surface area (Å²) >= 11 is 0. The smallest absolute Gasteiger partial charge is 0.229 e. The number of nitrogen functional groups attached to an aromatic ring is 1. The number of nitrogens with zero attached hydrogens (tertiary/aromatic N) is 3. The van der Waals surface area contributed by atoms with Crippen molar-refractivity contribution in [3.63, 3.8) is 0 Å². The van der Waals surface area contributed by atoms with Crippen LogP contribution in [0.15, 0.2) is 66.7 Å². The predicted octanol–water partition coefficient (Wildman–Crippen LogP) is 4.21. The molecule has 4 aromatic rings. The van der Waals surface area contributed by atoms with Gasteiger partial charge >= 0.3 is 0 Å². The zero-order chi connectivity index (χ0) is 26.6. The van der Waals surface area contributed by atoms with Crippen LogP contribution in [0.4, 0.5) is 23.1 Å². The van der Waals surface area contributed by atoms with Gasteiger partial charge in [-0.15, -0.1) is 0 Å². The predicted molar refractivity (Wildman–Crippen MR) is 155 cm³/mol. The molecule has 3 heterocycles. The molecule has 1 aromatic heterocycles. The lowest BCUT2D eigenvalue weighted by Crippen LogP contribution is -2.46. The molecule has 9 nitrogen and oxygen atoms in total. The Bertz CT molecular complexity index is 1420. The molecule has 2 saturated heterocycles. The van der Waals surface area contributed by atoms with Gasteiger partial charge in [0.25, 0.3) is 0 Å². The van der Waals surface area contributed by atoms with Gasteiger partial charge in [0.15, 0.2) is 0 Å². The third kappa shape index (κ3) is 5.61. The molecular weight excluding hydrogens is 492 g/mol. The summed E-state index contributed by atoms with van der Waals surface area (Å²) in [6.45, 7) is 7.54. The number of hydrogen-bond acceptors (Lipinski definition) is 9. The summed E-state index contributed by atoms with van der Waals surface area (Å²) in [4.78, 5) is 11.8. The Morgan fingerprint density at radius 2 is 1.82 bits per heavy atom. The first-order valence-corrected chi connectivity index (χ1v) is 13.5. The molecule has 9 heteroatoms. The summed E-state index contributed by atoms with van der Waals surface area (Å²) in [5, 5.41) is 7.59. The fourth-order valence-corrected chi connectivity index (χ4v) is 5.14. The van der Waals surface area contributed by atoms with Crippen LogP contribution in [0.2, 0.25) is 0 Å². The van der Waals surface area contributed by atoms with Crippen LogP contribution < -0.4 is 26.0 Å². The first-order valence-electron chi connectivity index (χ1n) is 13.5. The minimum absolute atomic E-state index is 0.0375. The van der Waals surface area contributed by atoms with Crippen LogP contribution in [-0.2, 0) is 9.47 Å². The Labute approximate surface area is 228 Å². The van der Waals surface area contributed by atoms with Gasteiger partial charge in [-0.3, -0.25) is 0 Å². The highest BCUT2D eigenvalue weighted by Crippen LogP contribution is 2.34. The van der Waals surface area contributed by atoms with Gasteiger partial charge in [-0.2, -0.15) is 4.98 Å². The Hall–Kier alpha value is -3.92. The van der Waals surface area contributed by atoms with Crippen LogP contribution in [0.5, 0.6) is 5.75 Å². The molecule has 39 heavy (non-hydrogen) atoms. The normalized spacial score (nSPS) is 18.6. The number of aromatic nitrogens is 2. The third-order valence-corrected chi connectivity index (χ3v) is 7.23. The summed E-state index contributed by atoms with van der Waals surface area (Å²) in [6, 6.07) is 22.3. The minimum Gasteiger partial charge on any atom is -0.488 e. The van der Waals surface area contributed by atoms with E-state index in [1.54, 1.807) is 0 Å². The Balaban J connectivity index is 1.27. The van der Waals surface area contributed by atoms with Gasteiger partial charge in [0, 0.05) is 37.1 Å². The molecule has 0 spiro atoms. The molecule has 0 bridgehead atoms. The average molecular weight is 527 g/mol. The lowest BCUT2D eigenvalue weighted by Gasteiger charge is -2.30. The van der Waals surface area contributed by atoms with Crippen molar-refractivity contribution in [2.45, 2.75) is 19.1 Å². The molecule has 6 rings (SSSR count). The average Bonchev–Trinajstić information content (AvgIpc) is 2.99. The van der Waals surface area contributed by atoms with Crippen molar-refractivity contribution >= 4 is 34.0 Å². The van der Waals surface area contributed by atoms with Crippen LogP contribution in [0.3, 0.4) is 0 Å². The van der Waals surface area contributed by atoms with Crippen molar-refractivity contribution in [2.75, 3.05) is 62.0 Å². The van der Waals surface area contributed by atoms with E-state index in [9.17, 15) is 0 Å². The van der Waals surface area contributed by atoms with Crippen LogP contribution in [0, 0.1) is 0 Å². The zero-order valence-corrected chi connectivity index (χ0v) is 22.1. The van der Waals surface area contributed by atoms with Gasteiger partial charge in [0.1, 0.15) is 23.8 Å². The number of benzene rings is 3. The van der Waals surface area contributed by atoms with E-state index in [-0.39, 0.29) is 12.2 Å². The Kier molecular flexibility index (Phi) is 7.44. The van der Waals surface area contributed by atoms with Crippen molar-refractivity contribution in [2.24, 2.45) is 0 Å². The Morgan fingerprint density at radius 3 is 2.62 bits per heavy atom. The summed E-state index contributed by atoms with van der Waals surface area (Å²) < 4.78 is 17.5. The molecule has 202 valence electrons. The van der Waals surface area contributed by atoms with E-state index in [1.807, 2.05) is 49.4 Å². The monoisotopic (exact) mass is 526 g/mol. The zero-order valence-electron chi connectivity index (χ0n) is 22.1. The molecule has 0 radical (unpaired) electrons. The fraction of sp³-hybridized carbons (Fsp3) is 0.333. The van der Waals surface area contributed by atoms with Crippen molar-refractivity contribution < 1.29 is 14.2 Å². The standard InChI is InChI=1S/C30H34N6O3/c1-20(27-19-32-13-16-38-27)39-22-11-9-21(10-12-22)23-5-4-6-24-28(23)34-30(35-29(24)31)33-25-7-2-3-8-26(25)36-14-17-37-18-15-36/h2-12,20,27,32H,13-19H2,1H3,(H3,31,33,34,35). The molecule has 2 aliphatic rings. The SMILES string of the molecule is CC(Oc1ccc(-c2cccc3c(N)nc(Nc4ccccc4N4CCOCC4)nc23)cc1)C1CNCCO1. The largest absolute Gasteiger partial charge is 0.488 e. The van der Waals surface area contributed by atoms with Crippen LogP contribution in [0.1, 0.15) is 6.92 Å². The number of rotatable bonds is 7. The number of ether oxygens (including phenoxy) is 3. The minimum atomic E-state index is -0.0530. The highest BCUT2D eigenvalue weighted by Gasteiger charge is 2.22. The van der Waals surface area contributed by atoms with Gasteiger partial charge < -0.3 is 35.5 Å². The van der Waals surface area contributed by atoms with E-state index >= 15 is 0 Å². The van der Waals surface area contributed by atoms with Gasteiger partial charge in [-0.1, -0.05) is 36.4 Å². The van der Waals surface area contributed by atoms with E-state index in [4.69, 9.17) is 24.9 Å². The number of nitrogens with two attached hydrogens (primary N) is 1. The second kappa shape index (κ2) is 11.4. The van der Waals surface area contributed by atoms with E-state index in [0.29, 0.717) is 31.6 Å². The number of morpholine rings is 2. The lowest BCUT2D eigenvalue weighted by molar-refractivity contribution is -0.0350. The molecule has 3 aromatic carbocycles. The van der Waals surface area contributed by atoms with Crippen LogP contribution in [0.25, 0.3) is 22.0 Å². The molecule has 2 aliphatic heterocycles. The molecule has 0 amide bonds. The van der Waals surface area contributed by atoms with Crippen molar-refractivity contribution in [1.82, 2.24) is 15.3 Å². The van der Waals surface area contributed by atoms with E-state index in [2.05, 4.69) is 44.8 Å². The molecule has 2 fully saturated rings. The van der Waals surface area contributed by atoms with Crippen molar-refractivity contribution in [1.29, 1.82) is 0 Å². The van der Waals surface area contributed by atoms with Gasteiger partial charge in [-0.05, 0) is 42.8 Å². The van der Waals surface area contributed by atoms with Crippen LogP contribution >= 0.6 is 0 Å². The summed E-state index contributed by atoms with van der Waals surface area (Å²) in [5.74, 6) is 1.70. The molecule has 0 aliphatic carbocycles. The molecule has 2 unspecified atom stereocenters. The molecule has 0 saturated carbocycles. The highest BCUT2D eigenvalue weighted by atomic mass is 16.5. The topological polar surface area (TPSA) is 107 Å². The Morgan fingerprint density at radius 1 is 1.00 bits per heavy atom. The maximum absolute atomic E-state index is 6.43. The maximum Gasteiger partial charge on any atom is 0.229 e. The number of hydrogen-bond donors (Lipinski definition) is 3. The second-order valence-electron chi connectivity index (χ2n) is 9.84. The fourth-order valence-electron chi connectivity index (χ4n) is 5.14. The highest BCUT2D eigenvalue weighted by molar-refractivity contribution is 5.99. The lowest BCUT2D eigenvalue weighted by atomic mass is 10.0. The quantitative estimate of drug-likeness (QED) is 0.326. The maximum atomic E-state index is 6.43. The van der Waals surface area contributed by atoms with E-state index in [1.165, 1.54) is 0 Å². The molecule has 2 atom stereocenters. The van der Waals surface area contributed by atoms with Crippen LogP contribution in [-0.4, -0.2) is 68.2 Å². The summed E-state index contributed by atoms with van der Waals surface area (Å²) in [6.07, 6.45) is -0.0156. The molecular formula is C30H34N6O3. The van der Waals surface area contributed by atoms with E-state index in [0.717, 1.165) is 65.3 Å². The second-order valence-corrected chi connectivity index (χ2v) is 9.84. The number of nitrogens with one attached hydrogen (secondary N) is 2. The first-order chi connectivity index (χ1) is 19.2. The molecule has 4 N–H and O–H groups in total.